The van der Waals surface area contributed by atoms with E-state index in [4.69, 9.17) is 5.73 Å². The Balaban J connectivity index is 2.76. The SMILES string of the molecule is CNC(=O)C(C)NS(=O)(=O)Cc1cccc(CN)c1. The molecule has 1 amide bonds. The van der Waals surface area contributed by atoms with Gasteiger partial charge < -0.3 is 11.1 Å². The van der Waals surface area contributed by atoms with Gasteiger partial charge in [0.25, 0.3) is 0 Å². The zero-order valence-corrected chi connectivity index (χ0v) is 11.8. The molecule has 0 spiro atoms. The largest absolute Gasteiger partial charge is 0.358 e. The number of nitrogens with one attached hydrogen (secondary N) is 2. The second-order valence-corrected chi connectivity index (χ2v) is 5.99. The Morgan fingerprint density at radius 1 is 1.37 bits per heavy atom. The molecule has 1 aromatic carbocycles. The Hall–Kier alpha value is -1.44. The molecule has 1 rings (SSSR count). The number of nitrogens with two attached hydrogens (primary N) is 1. The lowest BCUT2D eigenvalue weighted by Crippen LogP contribution is -2.43. The van der Waals surface area contributed by atoms with Crippen molar-refractivity contribution < 1.29 is 13.2 Å². The van der Waals surface area contributed by atoms with Crippen LogP contribution in [0, 0.1) is 0 Å². The fourth-order valence-corrected chi connectivity index (χ4v) is 2.99. The van der Waals surface area contributed by atoms with E-state index in [1.165, 1.54) is 14.0 Å². The van der Waals surface area contributed by atoms with E-state index in [1.54, 1.807) is 18.2 Å². The topological polar surface area (TPSA) is 101 Å². The minimum absolute atomic E-state index is 0.178. The molecule has 0 heterocycles. The predicted octanol–water partition coefficient (Wildman–Crippen LogP) is -0.301. The Morgan fingerprint density at radius 3 is 2.58 bits per heavy atom. The quantitative estimate of drug-likeness (QED) is 0.668. The van der Waals surface area contributed by atoms with Crippen molar-refractivity contribution in [1.29, 1.82) is 0 Å². The van der Waals surface area contributed by atoms with Gasteiger partial charge >= 0.3 is 0 Å². The first-order valence-electron chi connectivity index (χ1n) is 5.87. The fourth-order valence-electron chi connectivity index (χ4n) is 1.65. The Labute approximate surface area is 113 Å². The number of sulfonamides is 1. The number of carbonyl (C=O) groups excluding carboxylic acids is 1. The van der Waals surface area contributed by atoms with Gasteiger partial charge in [-0.2, -0.15) is 0 Å². The molecule has 19 heavy (non-hydrogen) atoms. The summed E-state index contributed by atoms with van der Waals surface area (Å²) in [4.78, 5) is 11.3. The second kappa shape index (κ2) is 6.65. The molecular weight excluding hydrogens is 266 g/mol. The average molecular weight is 285 g/mol. The van der Waals surface area contributed by atoms with E-state index in [0.29, 0.717) is 12.1 Å². The summed E-state index contributed by atoms with van der Waals surface area (Å²) in [6.07, 6.45) is 0. The van der Waals surface area contributed by atoms with Crippen molar-refractivity contribution in [2.75, 3.05) is 7.05 Å². The van der Waals surface area contributed by atoms with Gasteiger partial charge in [0.15, 0.2) is 0 Å². The van der Waals surface area contributed by atoms with Crippen molar-refractivity contribution in [1.82, 2.24) is 10.0 Å². The molecule has 0 saturated heterocycles. The number of hydrogen-bond acceptors (Lipinski definition) is 4. The molecule has 7 heteroatoms. The molecule has 0 aliphatic rings. The maximum absolute atomic E-state index is 11.9. The van der Waals surface area contributed by atoms with Crippen LogP contribution in [0.15, 0.2) is 24.3 Å². The van der Waals surface area contributed by atoms with Crippen LogP contribution in [0.5, 0.6) is 0 Å². The first kappa shape index (κ1) is 15.6. The van der Waals surface area contributed by atoms with Crippen LogP contribution < -0.4 is 15.8 Å². The van der Waals surface area contributed by atoms with E-state index >= 15 is 0 Å². The summed E-state index contributed by atoms with van der Waals surface area (Å²) in [6, 6.07) is 6.24. The Morgan fingerprint density at radius 2 is 2.00 bits per heavy atom. The number of benzene rings is 1. The lowest BCUT2D eigenvalue weighted by atomic mass is 10.1. The van der Waals surface area contributed by atoms with Crippen LogP contribution in [0.1, 0.15) is 18.1 Å². The molecule has 0 aliphatic heterocycles. The highest BCUT2D eigenvalue weighted by Gasteiger charge is 2.19. The Bertz CT molecular complexity index is 543. The molecular formula is C12H19N3O3S. The van der Waals surface area contributed by atoms with Gasteiger partial charge in [0.05, 0.1) is 11.8 Å². The predicted molar refractivity (Wildman–Crippen MR) is 73.6 cm³/mol. The van der Waals surface area contributed by atoms with Crippen molar-refractivity contribution in [2.24, 2.45) is 5.73 Å². The average Bonchev–Trinajstić information content (AvgIpc) is 2.36. The molecule has 6 nitrogen and oxygen atoms in total. The molecule has 106 valence electrons. The van der Waals surface area contributed by atoms with E-state index in [-0.39, 0.29) is 11.7 Å². The summed E-state index contributed by atoms with van der Waals surface area (Å²) in [7, 11) is -2.11. The van der Waals surface area contributed by atoms with Crippen molar-refractivity contribution in [3.63, 3.8) is 0 Å². The lowest BCUT2D eigenvalue weighted by molar-refractivity contribution is -0.121. The third-order valence-corrected chi connectivity index (χ3v) is 4.01. The van der Waals surface area contributed by atoms with Gasteiger partial charge in [-0.25, -0.2) is 13.1 Å². The summed E-state index contributed by atoms with van der Waals surface area (Å²) in [5.74, 6) is -0.554. The van der Waals surface area contributed by atoms with Crippen LogP contribution in [0.3, 0.4) is 0 Å². The third-order valence-electron chi connectivity index (χ3n) is 2.58. The van der Waals surface area contributed by atoms with Crippen molar-refractivity contribution >= 4 is 15.9 Å². The van der Waals surface area contributed by atoms with Crippen molar-refractivity contribution in [3.05, 3.63) is 35.4 Å². The van der Waals surface area contributed by atoms with E-state index in [1.807, 2.05) is 6.07 Å². The summed E-state index contributed by atoms with van der Waals surface area (Å²) >= 11 is 0. The smallest absolute Gasteiger partial charge is 0.237 e. The van der Waals surface area contributed by atoms with Gasteiger partial charge in [0.2, 0.25) is 15.9 Å². The van der Waals surface area contributed by atoms with Crippen LogP contribution in [0.4, 0.5) is 0 Å². The first-order chi connectivity index (χ1) is 8.88. The number of hydrogen-bond donors (Lipinski definition) is 3. The molecule has 0 radical (unpaired) electrons. The number of rotatable bonds is 6. The molecule has 0 saturated carbocycles. The van der Waals surface area contributed by atoms with Gasteiger partial charge in [-0.1, -0.05) is 24.3 Å². The van der Waals surface area contributed by atoms with E-state index in [2.05, 4.69) is 10.0 Å². The minimum Gasteiger partial charge on any atom is -0.358 e. The van der Waals surface area contributed by atoms with Crippen LogP contribution in [0.25, 0.3) is 0 Å². The Kier molecular flexibility index (Phi) is 5.46. The van der Waals surface area contributed by atoms with Gasteiger partial charge in [0, 0.05) is 13.6 Å². The van der Waals surface area contributed by atoms with E-state index < -0.39 is 16.1 Å². The van der Waals surface area contributed by atoms with Gasteiger partial charge in [0.1, 0.15) is 0 Å². The van der Waals surface area contributed by atoms with E-state index in [0.717, 1.165) is 5.56 Å². The van der Waals surface area contributed by atoms with E-state index in [9.17, 15) is 13.2 Å². The van der Waals surface area contributed by atoms with Crippen LogP contribution >= 0.6 is 0 Å². The zero-order chi connectivity index (χ0) is 14.5. The molecule has 0 fully saturated rings. The highest BCUT2D eigenvalue weighted by Crippen LogP contribution is 2.08. The summed E-state index contributed by atoms with van der Waals surface area (Å²) < 4.78 is 26.1. The monoisotopic (exact) mass is 285 g/mol. The van der Waals surface area contributed by atoms with Gasteiger partial charge in [-0.15, -0.1) is 0 Å². The lowest BCUT2D eigenvalue weighted by Gasteiger charge is -2.13. The fraction of sp³-hybridized carbons (Fsp3) is 0.417. The van der Waals surface area contributed by atoms with Crippen LogP contribution in [-0.2, 0) is 27.1 Å². The number of likely N-dealkylation sites (N-methyl/N-ethyl adjacent to an activating group) is 1. The first-order valence-corrected chi connectivity index (χ1v) is 7.52. The molecule has 0 aromatic heterocycles. The van der Waals surface area contributed by atoms with Crippen LogP contribution in [0.2, 0.25) is 0 Å². The molecule has 1 unspecified atom stereocenters. The number of carbonyl (C=O) groups is 1. The minimum atomic E-state index is -3.57. The maximum Gasteiger partial charge on any atom is 0.237 e. The molecule has 0 aliphatic carbocycles. The van der Waals surface area contributed by atoms with Crippen molar-refractivity contribution in [2.45, 2.75) is 25.3 Å². The van der Waals surface area contributed by atoms with Crippen LogP contribution in [-0.4, -0.2) is 27.4 Å². The zero-order valence-electron chi connectivity index (χ0n) is 11.0. The highest BCUT2D eigenvalue weighted by molar-refractivity contribution is 7.88. The van der Waals surface area contributed by atoms with Gasteiger partial charge in [-0.3, -0.25) is 4.79 Å². The second-order valence-electron chi connectivity index (χ2n) is 4.24. The molecule has 4 N–H and O–H groups in total. The maximum atomic E-state index is 11.9. The normalized spacial score (nSPS) is 13.0. The van der Waals surface area contributed by atoms with Crippen molar-refractivity contribution in [3.8, 4) is 0 Å². The molecule has 1 aromatic rings. The standard InChI is InChI=1S/C12H19N3O3S/c1-9(12(16)14-2)15-19(17,18)8-11-5-3-4-10(6-11)7-13/h3-6,9,15H,7-8,13H2,1-2H3,(H,14,16). The number of amides is 1. The third kappa shape index (κ3) is 4.98. The molecule has 0 bridgehead atoms. The summed E-state index contributed by atoms with van der Waals surface area (Å²) in [6.45, 7) is 1.85. The highest BCUT2D eigenvalue weighted by atomic mass is 32.2. The molecule has 1 atom stereocenters. The van der Waals surface area contributed by atoms with Gasteiger partial charge in [-0.05, 0) is 18.1 Å². The summed E-state index contributed by atoms with van der Waals surface area (Å²) in [5.41, 5.74) is 7.01. The summed E-state index contributed by atoms with van der Waals surface area (Å²) in [5, 5.41) is 2.39.